The summed E-state index contributed by atoms with van der Waals surface area (Å²) in [6.45, 7) is 1.77. The van der Waals surface area contributed by atoms with Gasteiger partial charge in [-0.05, 0) is 18.2 Å². The maximum absolute atomic E-state index is 13.9. The minimum Gasteiger partial charge on any atom is -0.362 e. The number of halogens is 2. The number of nitro groups is 1. The van der Waals surface area contributed by atoms with Gasteiger partial charge in [0.2, 0.25) is 5.91 Å². The first-order chi connectivity index (χ1) is 12.5. The fraction of sp³-hybridized carbons (Fsp3) is 0.278. The second-order valence-electron chi connectivity index (χ2n) is 5.99. The summed E-state index contributed by atoms with van der Waals surface area (Å²) in [5, 5.41) is 11.4. The Morgan fingerprint density at radius 1 is 1.12 bits per heavy atom. The predicted molar refractivity (Wildman–Crippen MR) is 97.0 cm³/mol. The van der Waals surface area contributed by atoms with E-state index in [9.17, 15) is 19.3 Å². The van der Waals surface area contributed by atoms with Crippen molar-refractivity contribution in [3.05, 3.63) is 69.0 Å². The molecule has 136 valence electrons. The largest absolute Gasteiger partial charge is 0.362 e. The van der Waals surface area contributed by atoms with Crippen LogP contribution >= 0.6 is 11.6 Å². The first-order valence-electron chi connectivity index (χ1n) is 8.16. The molecule has 1 saturated heterocycles. The Kier molecular flexibility index (Phi) is 5.37. The van der Waals surface area contributed by atoms with Gasteiger partial charge in [0.25, 0.3) is 5.69 Å². The molecule has 0 atom stereocenters. The van der Waals surface area contributed by atoms with Crippen molar-refractivity contribution in [1.29, 1.82) is 0 Å². The van der Waals surface area contributed by atoms with Gasteiger partial charge in [-0.25, -0.2) is 4.39 Å². The Bertz CT molecular complexity index is 818. The number of anilines is 1. The van der Waals surface area contributed by atoms with Crippen LogP contribution in [0.15, 0.2) is 42.5 Å². The average Bonchev–Trinajstić information content (AvgIpc) is 2.65. The number of hydrogen-bond donors (Lipinski definition) is 0. The molecule has 0 radical (unpaired) electrons. The molecule has 2 aromatic rings. The van der Waals surface area contributed by atoms with Gasteiger partial charge in [-0.2, -0.15) is 0 Å². The molecule has 0 bridgehead atoms. The number of hydrogen-bond acceptors (Lipinski definition) is 4. The van der Waals surface area contributed by atoms with Crippen molar-refractivity contribution in [3.63, 3.8) is 0 Å². The summed E-state index contributed by atoms with van der Waals surface area (Å²) in [5.41, 5.74) is 0.785. The van der Waals surface area contributed by atoms with Crippen LogP contribution in [0.1, 0.15) is 5.56 Å². The van der Waals surface area contributed by atoms with E-state index in [1.807, 2.05) is 4.90 Å². The number of carbonyl (C=O) groups is 1. The van der Waals surface area contributed by atoms with Crippen LogP contribution in [-0.4, -0.2) is 41.9 Å². The molecule has 2 aromatic carbocycles. The molecule has 1 heterocycles. The highest BCUT2D eigenvalue weighted by Gasteiger charge is 2.26. The lowest BCUT2D eigenvalue weighted by atomic mass is 10.1. The van der Waals surface area contributed by atoms with E-state index in [4.69, 9.17) is 11.6 Å². The van der Waals surface area contributed by atoms with Gasteiger partial charge >= 0.3 is 0 Å². The van der Waals surface area contributed by atoms with Gasteiger partial charge in [0.05, 0.1) is 11.3 Å². The number of carbonyl (C=O) groups excluding carboxylic acids is 1. The van der Waals surface area contributed by atoms with E-state index in [0.29, 0.717) is 31.9 Å². The lowest BCUT2D eigenvalue weighted by molar-refractivity contribution is -0.384. The summed E-state index contributed by atoms with van der Waals surface area (Å²) < 4.78 is 13.9. The third kappa shape index (κ3) is 3.77. The first-order valence-corrected chi connectivity index (χ1v) is 8.54. The van der Waals surface area contributed by atoms with E-state index in [2.05, 4.69) is 0 Å². The van der Waals surface area contributed by atoms with Crippen LogP contribution in [0.25, 0.3) is 0 Å². The molecule has 0 unspecified atom stereocenters. The molecule has 0 saturated carbocycles. The summed E-state index contributed by atoms with van der Waals surface area (Å²) in [7, 11) is 0. The van der Waals surface area contributed by atoms with E-state index in [1.54, 1.807) is 29.2 Å². The van der Waals surface area contributed by atoms with Gasteiger partial charge in [-0.15, -0.1) is 0 Å². The zero-order valence-electron chi connectivity index (χ0n) is 13.9. The number of nitrogens with zero attached hydrogens (tertiary/aromatic N) is 3. The monoisotopic (exact) mass is 377 g/mol. The van der Waals surface area contributed by atoms with Gasteiger partial charge in [0.15, 0.2) is 0 Å². The minimum atomic E-state index is -0.496. The van der Waals surface area contributed by atoms with Crippen LogP contribution in [0.5, 0.6) is 0 Å². The highest BCUT2D eigenvalue weighted by molar-refractivity contribution is 6.31. The third-order valence-electron chi connectivity index (χ3n) is 4.44. The molecule has 0 aromatic heterocycles. The topological polar surface area (TPSA) is 66.7 Å². The molecule has 0 spiro atoms. The van der Waals surface area contributed by atoms with Crippen molar-refractivity contribution in [2.24, 2.45) is 0 Å². The second-order valence-corrected chi connectivity index (χ2v) is 6.40. The number of piperazine rings is 1. The molecular formula is C18H17ClFN3O3. The maximum Gasteiger partial charge on any atom is 0.292 e. The molecule has 0 N–H and O–H groups in total. The van der Waals surface area contributed by atoms with Crippen LogP contribution < -0.4 is 4.90 Å². The summed E-state index contributed by atoms with van der Waals surface area (Å²) >= 11 is 5.98. The average molecular weight is 378 g/mol. The molecule has 8 heteroatoms. The normalized spacial score (nSPS) is 14.4. The molecule has 1 fully saturated rings. The van der Waals surface area contributed by atoms with Crippen molar-refractivity contribution >= 4 is 28.9 Å². The van der Waals surface area contributed by atoms with Crippen LogP contribution in [0.4, 0.5) is 15.8 Å². The SMILES string of the molecule is O=C(Cc1c(F)cccc1Cl)N1CCN(c2ccccc2[N+](=O)[O-])CC1. The van der Waals surface area contributed by atoms with E-state index in [-0.39, 0.29) is 28.6 Å². The lowest BCUT2D eigenvalue weighted by Crippen LogP contribution is -2.49. The van der Waals surface area contributed by atoms with Crippen molar-refractivity contribution in [2.75, 3.05) is 31.1 Å². The summed E-state index contributed by atoms with van der Waals surface area (Å²) in [6.07, 6.45) is -0.100. The highest BCUT2D eigenvalue weighted by atomic mass is 35.5. The maximum atomic E-state index is 13.9. The number of para-hydroxylation sites is 2. The van der Waals surface area contributed by atoms with Crippen LogP contribution in [0.2, 0.25) is 5.02 Å². The van der Waals surface area contributed by atoms with E-state index in [0.717, 1.165) is 0 Å². The minimum absolute atomic E-state index is 0.0467. The van der Waals surface area contributed by atoms with Crippen molar-refractivity contribution in [2.45, 2.75) is 6.42 Å². The predicted octanol–water partition coefficient (Wildman–Crippen LogP) is 3.28. The van der Waals surface area contributed by atoms with Gasteiger partial charge in [-0.3, -0.25) is 14.9 Å². The first kappa shape index (κ1) is 18.1. The van der Waals surface area contributed by atoms with Crippen LogP contribution in [0, 0.1) is 15.9 Å². The molecule has 1 aliphatic rings. The van der Waals surface area contributed by atoms with Crippen LogP contribution in [0.3, 0.4) is 0 Å². The zero-order valence-corrected chi connectivity index (χ0v) is 14.7. The van der Waals surface area contributed by atoms with Gasteiger partial charge in [0.1, 0.15) is 11.5 Å². The number of nitro benzene ring substituents is 1. The van der Waals surface area contributed by atoms with Crippen molar-refractivity contribution in [3.8, 4) is 0 Å². The highest BCUT2D eigenvalue weighted by Crippen LogP contribution is 2.28. The Balaban J connectivity index is 1.65. The van der Waals surface area contributed by atoms with Crippen LogP contribution in [-0.2, 0) is 11.2 Å². The fourth-order valence-electron chi connectivity index (χ4n) is 3.05. The number of benzene rings is 2. The molecule has 26 heavy (non-hydrogen) atoms. The molecule has 3 rings (SSSR count). The molecule has 1 amide bonds. The van der Waals surface area contributed by atoms with E-state index >= 15 is 0 Å². The van der Waals surface area contributed by atoms with Crippen molar-refractivity contribution in [1.82, 2.24) is 4.90 Å². The summed E-state index contributed by atoms with van der Waals surface area (Å²) in [4.78, 5) is 26.7. The quantitative estimate of drug-likeness (QED) is 0.605. The summed E-state index contributed by atoms with van der Waals surface area (Å²) in [6, 6.07) is 10.9. The molecular weight excluding hydrogens is 361 g/mol. The van der Waals surface area contributed by atoms with Gasteiger partial charge in [0, 0.05) is 42.8 Å². The third-order valence-corrected chi connectivity index (χ3v) is 4.80. The van der Waals surface area contributed by atoms with Gasteiger partial charge in [-0.1, -0.05) is 29.8 Å². The second kappa shape index (κ2) is 7.70. The summed E-state index contributed by atoms with van der Waals surface area (Å²) in [5.74, 6) is -0.705. The number of amides is 1. The molecule has 1 aliphatic heterocycles. The Morgan fingerprint density at radius 3 is 2.46 bits per heavy atom. The zero-order chi connectivity index (χ0) is 18.7. The van der Waals surface area contributed by atoms with E-state index in [1.165, 1.54) is 18.2 Å². The van der Waals surface area contributed by atoms with Gasteiger partial charge < -0.3 is 9.80 Å². The Hall–Kier alpha value is -2.67. The Labute approximate surface area is 154 Å². The molecule has 0 aliphatic carbocycles. The van der Waals surface area contributed by atoms with Crippen molar-refractivity contribution < 1.29 is 14.1 Å². The molecule has 6 nitrogen and oxygen atoms in total. The number of rotatable bonds is 4. The lowest BCUT2D eigenvalue weighted by Gasteiger charge is -2.36. The van der Waals surface area contributed by atoms with E-state index < -0.39 is 10.7 Å². The smallest absolute Gasteiger partial charge is 0.292 e. The standard InChI is InChI=1S/C18H17ClFN3O3/c19-14-4-3-5-15(20)13(14)12-18(24)22-10-8-21(9-11-22)16-6-1-2-7-17(16)23(25)26/h1-7H,8-12H2. The fourth-order valence-corrected chi connectivity index (χ4v) is 3.28. The Morgan fingerprint density at radius 2 is 1.81 bits per heavy atom.